The number of carbonyl (C=O) groups is 1. The number of hydrogen-bond acceptors (Lipinski definition) is 4. The largest absolute Gasteiger partial charge is 0.359 e. The zero-order valence-corrected chi connectivity index (χ0v) is 15.1. The molecule has 24 heavy (non-hydrogen) atoms. The molecule has 0 aromatic heterocycles. The summed E-state index contributed by atoms with van der Waals surface area (Å²) in [6, 6.07) is 5.09. The van der Waals surface area contributed by atoms with Gasteiger partial charge in [0.25, 0.3) is 0 Å². The Morgan fingerprint density at radius 3 is 2.54 bits per heavy atom. The first-order valence-electron chi connectivity index (χ1n) is 8.46. The SMILES string of the molecule is CC1CCN(C(=O)CN2c3ccc(S(N)(=O)=O)cc3CC2C)CC1. The summed E-state index contributed by atoms with van der Waals surface area (Å²) in [6.45, 7) is 6.29. The maximum Gasteiger partial charge on any atom is 0.242 e. The monoisotopic (exact) mass is 351 g/mol. The fourth-order valence-electron chi connectivity index (χ4n) is 3.59. The lowest BCUT2D eigenvalue weighted by molar-refractivity contribution is -0.131. The van der Waals surface area contributed by atoms with E-state index in [0.29, 0.717) is 12.5 Å². The third-order valence-electron chi connectivity index (χ3n) is 5.18. The molecule has 1 fully saturated rings. The topological polar surface area (TPSA) is 83.7 Å². The summed E-state index contributed by atoms with van der Waals surface area (Å²) in [7, 11) is -3.70. The van der Waals surface area contributed by atoms with Crippen LogP contribution in [0, 0.1) is 5.92 Å². The Morgan fingerprint density at radius 1 is 1.25 bits per heavy atom. The van der Waals surface area contributed by atoms with Crippen molar-refractivity contribution < 1.29 is 13.2 Å². The van der Waals surface area contributed by atoms with Crippen molar-refractivity contribution in [3.05, 3.63) is 23.8 Å². The maximum absolute atomic E-state index is 12.6. The highest BCUT2D eigenvalue weighted by atomic mass is 32.2. The standard InChI is InChI=1S/C17H25N3O3S/c1-12-5-7-19(8-6-12)17(21)11-20-13(2)9-14-10-15(24(18,22)23)3-4-16(14)20/h3-4,10,12-13H,5-9,11H2,1-2H3,(H2,18,22,23). The number of rotatable bonds is 3. The lowest BCUT2D eigenvalue weighted by Crippen LogP contribution is -2.45. The van der Waals surface area contributed by atoms with Crippen LogP contribution in [-0.2, 0) is 21.2 Å². The number of carbonyl (C=O) groups excluding carboxylic acids is 1. The number of benzene rings is 1. The molecule has 0 saturated carbocycles. The second kappa shape index (κ2) is 6.37. The summed E-state index contributed by atoms with van der Waals surface area (Å²) in [5, 5.41) is 5.21. The molecule has 0 bridgehead atoms. The van der Waals surface area contributed by atoms with Gasteiger partial charge in [0, 0.05) is 24.8 Å². The van der Waals surface area contributed by atoms with Crippen molar-refractivity contribution in [1.29, 1.82) is 0 Å². The van der Waals surface area contributed by atoms with Crippen LogP contribution < -0.4 is 10.0 Å². The number of anilines is 1. The summed E-state index contributed by atoms with van der Waals surface area (Å²) in [5.41, 5.74) is 1.88. The van der Waals surface area contributed by atoms with Crippen molar-refractivity contribution in [3.8, 4) is 0 Å². The predicted molar refractivity (Wildman–Crippen MR) is 93.3 cm³/mol. The molecule has 1 saturated heterocycles. The Hall–Kier alpha value is -1.60. The first kappa shape index (κ1) is 17.2. The van der Waals surface area contributed by atoms with Crippen LogP contribution in [-0.4, -0.2) is 44.9 Å². The molecular formula is C17H25N3O3S. The zero-order chi connectivity index (χ0) is 17.5. The minimum atomic E-state index is -3.70. The fraction of sp³-hybridized carbons (Fsp3) is 0.588. The number of nitrogens with zero attached hydrogens (tertiary/aromatic N) is 2. The number of amides is 1. The van der Waals surface area contributed by atoms with Gasteiger partial charge < -0.3 is 9.80 Å². The van der Waals surface area contributed by atoms with E-state index in [0.717, 1.165) is 43.6 Å². The highest BCUT2D eigenvalue weighted by molar-refractivity contribution is 7.89. The Labute approximate surface area is 143 Å². The van der Waals surface area contributed by atoms with Crippen molar-refractivity contribution in [1.82, 2.24) is 4.90 Å². The molecule has 2 heterocycles. The minimum Gasteiger partial charge on any atom is -0.359 e. The molecule has 1 atom stereocenters. The molecule has 132 valence electrons. The average Bonchev–Trinajstić information content (AvgIpc) is 2.82. The first-order valence-corrected chi connectivity index (χ1v) is 10.0. The van der Waals surface area contributed by atoms with Gasteiger partial charge in [0.15, 0.2) is 0 Å². The zero-order valence-electron chi connectivity index (χ0n) is 14.2. The van der Waals surface area contributed by atoms with E-state index in [-0.39, 0.29) is 16.8 Å². The Morgan fingerprint density at radius 2 is 1.92 bits per heavy atom. The Bertz CT molecular complexity index is 739. The number of sulfonamides is 1. The van der Waals surface area contributed by atoms with E-state index in [2.05, 4.69) is 18.7 Å². The van der Waals surface area contributed by atoms with Gasteiger partial charge in [0.1, 0.15) is 0 Å². The molecule has 2 N–H and O–H groups in total. The molecule has 2 aliphatic rings. The molecule has 0 aliphatic carbocycles. The highest BCUT2D eigenvalue weighted by Crippen LogP contribution is 2.33. The van der Waals surface area contributed by atoms with Gasteiger partial charge in [-0.2, -0.15) is 0 Å². The van der Waals surface area contributed by atoms with E-state index in [1.165, 1.54) is 6.07 Å². The van der Waals surface area contributed by atoms with Crippen molar-refractivity contribution in [2.24, 2.45) is 11.1 Å². The highest BCUT2D eigenvalue weighted by Gasteiger charge is 2.30. The summed E-state index contributed by atoms with van der Waals surface area (Å²) >= 11 is 0. The summed E-state index contributed by atoms with van der Waals surface area (Å²) < 4.78 is 23.0. The van der Waals surface area contributed by atoms with E-state index in [4.69, 9.17) is 5.14 Å². The van der Waals surface area contributed by atoms with Gasteiger partial charge in [0.2, 0.25) is 15.9 Å². The van der Waals surface area contributed by atoms with Crippen LogP contribution in [0.4, 0.5) is 5.69 Å². The smallest absolute Gasteiger partial charge is 0.242 e. The minimum absolute atomic E-state index is 0.131. The molecule has 2 aliphatic heterocycles. The van der Waals surface area contributed by atoms with Crippen molar-refractivity contribution in [2.45, 2.75) is 44.0 Å². The lowest BCUT2D eigenvalue weighted by atomic mass is 9.99. The van der Waals surface area contributed by atoms with Gasteiger partial charge in [-0.05, 0) is 55.9 Å². The van der Waals surface area contributed by atoms with Crippen molar-refractivity contribution in [2.75, 3.05) is 24.5 Å². The molecular weight excluding hydrogens is 326 g/mol. The number of fused-ring (bicyclic) bond motifs is 1. The second-order valence-corrected chi connectivity index (χ2v) is 8.64. The Kier molecular flexibility index (Phi) is 4.57. The number of hydrogen-bond donors (Lipinski definition) is 1. The second-order valence-electron chi connectivity index (χ2n) is 7.08. The molecule has 0 spiro atoms. The summed E-state index contributed by atoms with van der Waals surface area (Å²) in [5.74, 6) is 0.842. The van der Waals surface area contributed by atoms with Gasteiger partial charge in [-0.15, -0.1) is 0 Å². The Balaban J connectivity index is 1.75. The van der Waals surface area contributed by atoms with Crippen LogP contribution in [0.1, 0.15) is 32.3 Å². The predicted octanol–water partition coefficient (Wildman–Crippen LogP) is 1.34. The quantitative estimate of drug-likeness (QED) is 0.891. The van der Waals surface area contributed by atoms with E-state index < -0.39 is 10.0 Å². The molecule has 1 aromatic rings. The van der Waals surface area contributed by atoms with Crippen LogP contribution in [0.3, 0.4) is 0 Å². The molecule has 3 rings (SSSR count). The van der Waals surface area contributed by atoms with E-state index in [9.17, 15) is 13.2 Å². The van der Waals surface area contributed by atoms with Gasteiger partial charge in [0.05, 0.1) is 11.4 Å². The first-order chi connectivity index (χ1) is 11.3. The van der Waals surface area contributed by atoms with Gasteiger partial charge in [-0.3, -0.25) is 4.79 Å². The maximum atomic E-state index is 12.6. The fourth-order valence-corrected chi connectivity index (χ4v) is 4.16. The number of nitrogens with two attached hydrogens (primary N) is 1. The number of primary sulfonamides is 1. The third-order valence-corrected chi connectivity index (χ3v) is 6.09. The molecule has 1 aromatic carbocycles. The molecule has 7 heteroatoms. The van der Waals surface area contributed by atoms with E-state index in [1.54, 1.807) is 12.1 Å². The number of piperidine rings is 1. The molecule has 0 radical (unpaired) electrons. The van der Waals surface area contributed by atoms with Gasteiger partial charge >= 0.3 is 0 Å². The van der Waals surface area contributed by atoms with Crippen molar-refractivity contribution in [3.63, 3.8) is 0 Å². The summed E-state index contributed by atoms with van der Waals surface area (Å²) in [4.78, 5) is 16.8. The molecule has 1 amide bonds. The van der Waals surface area contributed by atoms with Crippen LogP contribution in [0.25, 0.3) is 0 Å². The lowest BCUT2D eigenvalue weighted by Gasteiger charge is -2.33. The third kappa shape index (κ3) is 3.42. The van der Waals surface area contributed by atoms with Crippen LogP contribution >= 0.6 is 0 Å². The normalized spacial score (nSPS) is 21.9. The van der Waals surface area contributed by atoms with Crippen molar-refractivity contribution >= 4 is 21.6 Å². The van der Waals surface area contributed by atoms with Crippen LogP contribution in [0.5, 0.6) is 0 Å². The summed E-state index contributed by atoms with van der Waals surface area (Å²) in [6.07, 6.45) is 2.86. The molecule has 6 nitrogen and oxygen atoms in total. The van der Waals surface area contributed by atoms with Crippen LogP contribution in [0.15, 0.2) is 23.1 Å². The number of likely N-dealkylation sites (tertiary alicyclic amines) is 1. The van der Waals surface area contributed by atoms with Crippen LogP contribution in [0.2, 0.25) is 0 Å². The van der Waals surface area contributed by atoms with Gasteiger partial charge in [-0.1, -0.05) is 6.92 Å². The average molecular weight is 351 g/mol. The molecule has 1 unspecified atom stereocenters. The van der Waals surface area contributed by atoms with E-state index in [1.807, 2.05) is 4.90 Å². The van der Waals surface area contributed by atoms with E-state index >= 15 is 0 Å². The van der Waals surface area contributed by atoms with Gasteiger partial charge in [-0.25, -0.2) is 13.6 Å².